The Kier molecular flexibility index (Phi) is 42.2. The molecule has 24 N–H and O–H groups in total. The van der Waals surface area contributed by atoms with E-state index in [9.17, 15) is 91.9 Å². The topological polar surface area (TPSA) is 741 Å². The maximum absolute atomic E-state index is 9.84. The summed E-state index contributed by atoms with van der Waals surface area (Å²) in [6.07, 6.45) is -46.8. The van der Waals surface area contributed by atoms with Crippen molar-refractivity contribution in [2.75, 3.05) is 39.6 Å². The van der Waals surface area contributed by atoms with Crippen molar-refractivity contribution in [3.63, 3.8) is 0 Å². The SMILES string of the molecule is O=P([O-])([O-])[O-].O=P([O-])([O-])[O-].OC[C@H]1O[C@H](O[C@H]2O[C@H](CO)[C@@H](O)[C@H](O)[C@H]2O)[C@H](O)[C@@H](O)[C@@H]1O.OC[C@H]1O[C@H](O[C@H]2O[C@H](CO)[C@@H](O)[C@H](O)[C@H]2O)[C@H](O)[C@@H](O)[C@@H]1O.OC[C@H]1O[C@H](O[C@H]2O[C@H](CO)[C@@H](O)[C@H](O)[C@H]2O)[C@H](O)[C@@H](O)[C@@H]1O.[Ca+2].[Ca+2].[Ca+2]. The molecule has 0 radical (unpaired) electrons. The van der Waals surface area contributed by atoms with Crippen molar-refractivity contribution in [2.24, 2.45) is 0 Å². The van der Waals surface area contributed by atoms with Gasteiger partial charge in [0.15, 0.2) is 37.7 Å². The van der Waals surface area contributed by atoms with Gasteiger partial charge in [0.25, 0.3) is 0 Å². The van der Waals surface area contributed by atoms with Gasteiger partial charge < -0.3 is 204 Å². The Morgan fingerprint density at radius 1 is 0.244 bits per heavy atom. The van der Waals surface area contributed by atoms with Crippen LogP contribution in [0.4, 0.5) is 0 Å². The Morgan fingerprint density at radius 2 is 0.341 bits per heavy atom. The molecule has 6 heterocycles. The first-order chi connectivity index (χ1) is 36.4. The fourth-order valence-electron chi connectivity index (χ4n) is 7.48. The van der Waals surface area contributed by atoms with E-state index in [4.69, 9.17) is 112 Å². The molecule has 82 heavy (non-hydrogen) atoms. The fourth-order valence-corrected chi connectivity index (χ4v) is 7.48. The van der Waals surface area contributed by atoms with Crippen LogP contribution in [0, 0.1) is 0 Å². The number of phosphoric acid groups is 2. The Labute approximate surface area is 551 Å². The number of aliphatic hydroxyl groups is 24. The zero-order chi connectivity index (χ0) is 60.9. The van der Waals surface area contributed by atoms with Gasteiger partial charge in [-0.3, -0.25) is 0 Å². The van der Waals surface area contributed by atoms with E-state index in [-0.39, 0.29) is 113 Å². The minimum atomic E-state index is -5.39. The molecule has 6 aliphatic heterocycles. The predicted molar refractivity (Wildman–Crippen MR) is 238 cm³/mol. The molecule has 0 saturated carbocycles. The summed E-state index contributed by atoms with van der Waals surface area (Å²) in [6, 6.07) is 0. The summed E-state index contributed by atoms with van der Waals surface area (Å²) < 4.78 is 63.0. The van der Waals surface area contributed by atoms with Crippen LogP contribution in [0.25, 0.3) is 0 Å². The van der Waals surface area contributed by atoms with Crippen molar-refractivity contribution in [1.82, 2.24) is 0 Å². The molecule has 41 nitrogen and oxygen atoms in total. The maximum atomic E-state index is 9.84. The van der Waals surface area contributed by atoms with Crippen LogP contribution in [0.3, 0.4) is 0 Å². The number of aliphatic hydroxyl groups excluding tert-OH is 24. The van der Waals surface area contributed by atoms with E-state index < -0.39 is 240 Å². The van der Waals surface area contributed by atoms with E-state index in [0.29, 0.717) is 0 Å². The number of rotatable bonds is 12. The quantitative estimate of drug-likeness (QED) is 0.0637. The molecule has 6 fully saturated rings. The maximum Gasteiger partial charge on any atom is 2.00 e. The Balaban J connectivity index is 0. The third-order valence-corrected chi connectivity index (χ3v) is 11.9. The van der Waals surface area contributed by atoms with Gasteiger partial charge in [-0.05, 0) is 0 Å². The molecule has 472 valence electrons. The molecule has 0 aromatic rings. The standard InChI is InChI=1S/3C12H22O11.3Ca.2H3O4P/c3*13-1-3-5(15)7(17)9(19)11(21-3)23-12-10(20)8(18)6(16)4(2-14)22-12;;;;2*1-5(2,3)4/h3*3-20H,1-2H2;;;;2*(H3,1,2,3,4)/q;;;3*+2;;/p-6/t3*3-,4-,5-,6-,7+,8+,9-,10-,11-,12-;;;;;/m111...../s1. The van der Waals surface area contributed by atoms with Crippen LogP contribution in [0.15, 0.2) is 0 Å². The van der Waals surface area contributed by atoms with E-state index in [1.165, 1.54) is 0 Å². The van der Waals surface area contributed by atoms with Gasteiger partial charge in [-0.15, -0.1) is 0 Å². The van der Waals surface area contributed by atoms with Crippen LogP contribution in [-0.2, 0) is 51.8 Å². The molecule has 6 rings (SSSR count). The summed E-state index contributed by atoms with van der Waals surface area (Å²) in [6.45, 7) is -4.00. The van der Waals surface area contributed by atoms with Gasteiger partial charge in [-0.1, -0.05) is 0 Å². The van der Waals surface area contributed by atoms with Crippen molar-refractivity contribution >= 4 is 129 Å². The summed E-state index contributed by atoms with van der Waals surface area (Å²) in [4.78, 5) is 51.3. The second kappa shape index (κ2) is 39.9. The predicted octanol–water partition coefficient (Wildman–Crippen LogP) is -23.0. The minimum Gasteiger partial charge on any atom is -0.822 e. The fraction of sp³-hybridized carbons (Fsp3) is 1.00. The monoisotopic (exact) mass is 1340 g/mol. The molecule has 6 saturated heterocycles. The first-order valence-corrected chi connectivity index (χ1v) is 25.6. The summed E-state index contributed by atoms with van der Waals surface area (Å²) in [5, 5.41) is 229. The van der Waals surface area contributed by atoms with Crippen molar-refractivity contribution in [1.29, 1.82) is 0 Å². The third-order valence-electron chi connectivity index (χ3n) is 11.9. The molecule has 30 atom stereocenters. The molecule has 0 aromatic carbocycles. The second-order valence-corrected chi connectivity index (χ2v) is 19.3. The Bertz CT molecular complexity index is 1510. The van der Waals surface area contributed by atoms with E-state index in [0.717, 1.165) is 0 Å². The van der Waals surface area contributed by atoms with Gasteiger partial charge >= 0.3 is 113 Å². The molecule has 0 bridgehead atoms. The molecule has 0 amide bonds. The van der Waals surface area contributed by atoms with E-state index in [1.807, 2.05) is 0 Å². The second-order valence-electron chi connectivity index (χ2n) is 17.5. The summed E-state index contributed by atoms with van der Waals surface area (Å²) in [7, 11) is -10.8. The van der Waals surface area contributed by atoms with Gasteiger partial charge in [-0.25, -0.2) is 0 Å². The largest absolute Gasteiger partial charge is 2.00 e. The molecule has 0 spiro atoms. The molecule has 6 aliphatic rings. The average molecular weight is 1340 g/mol. The van der Waals surface area contributed by atoms with E-state index in [1.54, 1.807) is 0 Å². The molecule has 0 aliphatic carbocycles. The molecular formula is C36H66Ca3O41P2. The number of ether oxygens (including phenoxy) is 9. The van der Waals surface area contributed by atoms with Gasteiger partial charge in [0.2, 0.25) is 0 Å². The van der Waals surface area contributed by atoms with Crippen LogP contribution >= 0.6 is 15.6 Å². The summed E-state index contributed by atoms with van der Waals surface area (Å²) >= 11 is 0. The van der Waals surface area contributed by atoms with Gasteiger partial charge in [0.1, 0.15) is 146 Å². The van der Waals surface area contributed by atoms with Crippen molar-refractivity contribution in [3.8, 4) is 0 Å². The average Bonchev–Trinajstić information content (AvgIpc) is 3.38. The van der Waals surface area contributed by atoms with Crippen molar-refractivity contribution < 1.29 is 204 Å². The molecular weight excluding hydrogens is 1270 g/mol. The molecule has 0 aromatic heterocycles. The van der Waals surface area contributed by atoms with Crippen LogP contribution in [0.1, 0.15) is 0 Å². The van der Waals surface area contributed by atoms with Crippen LogP contribution in [-0.4, -0.2) is 460 Å². The van der Waals surface area contributed by atoms with Gasteiger partial charge in [0, 0.05) is 0 Å². The van der Waals surface area contributed by atoms with Gasteiger partial charge in [-0.2, -0.15) is 15.6 Å². The molecule has 0 unspecified atom stereocenters. The number of hydrogen-bond donors (Lipinski definition) is 24. The van der Waals surface area contributed by atoms with E-state index in [2.05, 4.69) is 0 Å². The summed E-state index contributed by atoms with van der Waals surface area (Å²) in [5.41, 5.74) is 0. The third kappa shape index (κ3) is 25.6. The van der Waals surface area contributed by atoms with Gasteiger partial charge in [0.05, 0.1) is 39.6 Å². The van der Waals surface area contributed by atoms with Crippen molar-refractivity contribution in [2.45, 2.75) is 184 Å². The zero-order valence-corrected chi connectivity index (χ0v) is 50.7. The smallest absolute Gasteiger partial charge is 0.822 e. The molecule has 46 heteroatoms. The summed E-state index contributed by atoms with van der Waals surface area (Å²) in [5.74, 6) is 0. The van der Waals surface area contributed by atoms with Crippen LogP contribution in [0.2, 0.25) is 0 Å². The van der Waals surface area contributed by atoms with Crippen molar-refractivity contribution in [3.05, 3.63) is 0 Å². The normalized spacial score (nSPS) is 44.9. The zero-order valence-electron chi connectivity index (χ0n) is 42.3. The Morgan fingerprint density at radius 3 is 0.427 bits per heavy atom. The minimum absolute atomic E-state index is 0. The van der Waals surface area contributed by atoms with Crippen LogP contribution in [0.5, 0.6) is 0 Å². The first kappa shape index (κ1) is 86.7. The van der Waals surface area contributed by atoms with E-state index >= 15 is 0 Å². The first-order valence-electron chi connectivity index (χ1n) is 22.7. The Hall–Kier alpha value is 2.68. The van der Waals surface area contributed by atoms with Crippen LogP contribution < -0.4 is 29.4 Å². The number of hydrogen-bond acceptors (Lipinski definition) is 41.